The van der Waals surface area contributed by atoms with Crippen molar-refractivity contribution < 1.29 is 9.59 Å². The number of carbonyl (C=O) groups excluding carboxylic acids is 2. The second-order valence-corrected chi connectivity index (χ2v) is 2.31. The monoisotopic (exact) mass is 144 g/mol. The molecule has 4 nitrogen and oxygen atoms in total. The van der Waals surface area contributed by atoms with E-state index in [4.69, 9.17) is 11.5 Å². The molecule has 0 saturated heterocycles. The first-order valence-electron chi connectivity index (χ1n) is 3.11. The maximum atomic E-state index is 10.4. The minimum atomic E-state index is -0.395. The van der Waals surface area contributed by atoms with Crippen LogP contribution in [-0.4, -0.2) is 11.8 Å². The fourth-order valence-electron chi connectivity index (χ4n) is 0.501. The molecule has 0 radical (unpaired) electrons. The van der Waals surface area contributed by atoms with Crippen molar-refractivity contribution in [3.05, 3.63) is 0 Å². The molecule has 0 aromatic carbocycles. The molecule has 0 spiro atoms. The van der Waals surface area contributed by atoms with Gasteiger partial charge in [-0.1, -0.05) is 6.92 Å². The molecule has 10 heavy (non-hydrogen) atoms. The topological polar surface area (TPSA) is 86.2 Å². The van der Waals surface area contributed by atoms with Gasteiger partial charge < -0.3 is 11.5 Å². The summed E-state index contributed by atoms with van der Waals surface area (Å²) in [4.78, 5) is 20.6. The van der Waals surface area contributed by atoms with Crippen molar-refractivity contribution in [2.75, 3.05) is 0 Å². The molecule has 0 aliphatic carbocycles. The molecule has 4 N–H and O–H groups in total. The Balaban J connectivity index is 3.49. The van der Waals surface area contributed by atoms with Crippen molar-refractivity contribution in [3.8, 4) is 0 Å². The SMILES string of the molecule is C[C@H](CCC(N)=O)C(N)=O. The predicted octanol–water partition coefficient (Wildman–Crippen LogP) is -0.627. The lowest BCUT2D eigenvalue weighted by molar-refractivity contribution is -0.122. The van der Waals surface area contributed by atoms with Crippen LogP contribution in [0.4, 0.5) is 0 Å². The third-order valence-corrected chi connectivity index (χ3v) is 1.31. The van der Waals surface area contributed by atoms with Crippen LogP contribution in [0.1, 0.15) is 19.8 Å². The number of hydrogen-bond donors (Lipinski definition) is 2. The zero-order valence-electron chi connectivity index (χ0n) is 5.96. The van der Waals surface area contributed by atoms with Gasteiger partial charge in [0.25, 0.3) is 0 Å². The molecule has 0 aliphatic heterocycles. The van der Waals surface area contributed by atoms with Crippen LogP contribution in [-0.2, 0) is 9.59 Å². The Morgan fingerprint density at radius 3 is 2.20 bits per heavy atom. The van der Waals surface area contributed by atoms with E-state index < -0.39 is 5.91 Å². The van der Waals surface area contributed by atoms with Crippen LogP contribution < -0.4 is 11.5 Å². The lowest BCUT2D eigenvalue weighted by atomic mass is 10.1. The Kier molecular flexibility index (Phi) is 3.46. The van der Waals surface area contributed by atoms with E-state index in [0.717, 1.165) is 0 Å². The van der Waals surface area contributed by atoms with Gasteiger partial charge in [0.15, 0.2) is 0 Å². The lowest BCUT2D eigenvalue weighted by Crippen LogP contribution is -2.22. The summed E-state index contributed by atoms with van der Waals surface area (Å²) in [7, 11) is 0. The minimum Gasteiger partial charge on any atom is -0.370 e. The molecule has 4 heteroatoms. The normalized spacial score (nSPS) is 12.5. The average molecular weight is 144 g/mol. The molecule has 0 aromatic heterocycles. The molecule has 0 heterocycles. The number of carbonyl (C=O) groups is 2. The van der Waals surface area contributed by atoms with Crippen LogP contribution in [0.15, 0.2) is 0 Å². The van der Waals surface area contributed by atoms with E-state index in [1.54, 1.807) is 6.92 Å². The average Bonchev–Trinajstić information content (AvgIpc) is 1.82. The molecule has 0 unspecified atom stereocenters. The molecule has 58 valence electrons. The fraction of sp³-hybridized carbons (Fsp3) is 0.667. The third-order valence-electron chi connectivity index (χ3n) is 1.31. The number of hydrogen-bond acceptors (Lipinski definition) is 2. The quantitative estimate of drug-likeness (QED) is 0.550. The van der Waals surface area contributed by atoms with Gasteiger partial charge in [0.1, 0.15) is 0 Å². The Morgan fingerprint density at radius 2 is 1.90 bits per heavy atom. The van der Waals surface area contributed by atoms with Gasteiger partial charge in [0.05, 0.1) is 0 Å². The van der Waals surface area contributed by atoms with Crippen molar-refractivity contribution in [1.29, 1.82) is 0 Å². The summed E-state index contributed by atoms with van der Waals surface area (Å²) in [6.45, 7) is 1.67. The van der Waals surface area contributed by atoms with E-state index in [2.05, 4.69) is 0 Å². The van der Waals surface area contributed by atoms with Gasteiger partial charge in [-0.2, -0.15) is 0 Å². The van der Waals surface area contributed by atoms with Gasteiger partial charge in [0.2, 0.25) is 11.8 Å². The van der Waals surface area contributed by atoms with Crippen LogP contribution in [0.3, 0.4) is 0 Å². The molecule has 0 rings (SSSR count). The van der Waals surface area contributed by atoms with Gasteiger partial charge in [-0.25, -0.2) is 0 Å². The van der Waals surface area contributed by atoms with Gasteiger partial charge in [-0.3, -0.25) is 9.59 Å². The maximum absolute atomic E-state index is 10.4. The largest absolute Gasteiger partial charge is 0.370 e. The number of amides is 2. The van der Waals surface area contributed by atoms with E-state index >= 15 is 0 Å². The number of nitrogens with two attached hydrogens (primary N) is 2. The highest BCUT2D eigenvalue weighted by Crippen LogP contribution is 2.02. The van der Waals surface area contributed by atoms with Crippen LogP contribution >= 0.6 is 0 Å². The second kappa shape index (κ2) is 3.87. The van der Waals surface area contributed by atoms with Crippen molar-refractivity contribution >= 4 is 11.8 Å². The van der Waals surface area contributed by atoms with Gasteiger partial charge in [-0.05, 0) is 6.42 Å². The van der Waals surface area contributed by atoms with Crippen molar-refractivity contribution in [3.63, 3.8) is 0 Å². The van der Waals surface area contributed by atoms with E-state index in [1.165, 1.54) is 0 Å². The highest BCUT2D eigenvalue weighted by molar-refractivity contribution is 5.78. The van der Waals surface area contributed by atoms with E-state index in [9.17, 15) is 9.59 Å². The zero-order chi connectivity index (χ0) is 8.15. The maximum Gasteiger partial charge on any atom is 0.220 e. The predicted molar refractivity (Wildman–Crippen MR) is 36.8 cm³/mol. The molecule has 0 fully saturated rings. The first kappa shape index (κ1) is 8.94. The molecule has 0 saturated carbocycles. The van der Waals surface area contributed by atoms with E-state index in [-0.39, 0.29) is 18.2 Å². The van der Waals surface area contributed by atoms with Gasteiger partial charge in [0, 0.05) is 12.3 Å². The van der Waals surface area contributed by atoms with Crippen LogP contribution in [0.2, 0.25) is 0 Å². The van der Waals surface area contributed by atoms with Crippen LogP contribution in [0, 0.1) is 5.92 Å². The Bertz CT molecular complexity index is 145. The fourth-order valence-corrected chi connectivity index (χ4v) is 0.501. The third kappa shape index (κ3) is 3.88. The summed E-state index contributed by atoms with van der Waals surface area (Å²) in [6, 6.07) is 0. The summed E-state index contributed by atoms with van der Waals surface area (Å²) < 4.78 is 0. The Morgan fingerprint density at radius 1 is 1.40 bits per heavy atom. The summed E-state index contributed by atoms with van der Waals surface area (Å²) in [5.74, 6) is -1.04. The van der Waals surface area contributed by atoms with E-state index in [1.807, 2.05) is 0 Å². The molecular weight excluding hydrogens is 132 g/mol. The molecular formula is C6H12N2O2. The summed E-state index contributed by atoms with van der Waals surface area (Å²) in [6.07, 6.45) is 0.675. The Labute approximate surface area is 59.6 Å². The Hall–Kier alpha value is -1.06. The number of rotatable bonds is 4. The van der Waals surface area contributed by atoms with Crippen LogP contribution in [0.25, 0.3) is 0 Å². The van der Waals surface area contributed by atoms with Gasteiger partial charge >= 0.3 is 0 Å². The van der Waals surface area contributed by atoms with Crippen molar-refractivity contribution in [2.45, 2.75) is 19.8 Å². The van der Waals surface area contributed by atoms with Crippen LogP contribution in [0.5, 0.6) is 0 Å². The highest BCUT2D eigenvalue weighted by atomic mass is 16.1. The lowest BCUT2D eigenvalue weighted by Gasteiger charge is -2.02. The number of primary amides is 2. The van der Waals surface area contributed by atoms with Crippen molar-refractivity contribution in [2.24, 2.45) is 17.4 Å². The first-order valence-corrected chi connectivity index (χ1v) is 3.11. The second-order valence-electron chi connectivity index (χ2n) is 2.31. The molecule has 2 amide bonds. The van der Waals surface area contributed by atoms with Gasteiger partial charge in [-0.15, -0.1) is 0 Å². The highest BCUT2D eigenvalue weighted by Gasteiger charge is 2.08. The summed E-state index contributed by atoms with van der Waals surface area (Å²) >= 11 is 0. The summed E-state index contributed by atoms with van der Waals surface area (Å²) in [5, 5.41) is 0. The minimum absolute atomic E-state index is 0.226. The first-order chi connectivity index (χ1) is 4.54. The standard InChI is InChI=1S/C6H12N2O2/c1-4(6(8)10)2-3-5(7)9/h4H,2-3H2,1H3,(H2,7,9)(H2,8,10)/t4-/m1/s1. The summed E-state index contributed by atoms with van der Waals surface area (Å²) in [5.41, 5.74) is 9.78. The molecule has 0 aliphatic rings. The molecule has 0 aromatic rings. The zero-order valence-corrected chi connectivity index (χ0v) is 5.96. The molecule has 0 bridgehead atoms. The smallest absolute Gasteiger partial charge is 0.220 e. The van der Waals surface area contributed by atoms with E-state index in [0.29, 0.717) is 6.42 Å². The van der Waals surface area contributed by atoms with Crippen molar-refractivity contribution in [1.82, 2.24) is 0 Å². The molecule has 1 atom stereocenters.